The monoisotopic (exact) mass is 367 g/mol. The van der Waals surface area contributed by atoms with Crippen molar-refractivity contribution in [2.24, 2.45) is 0 Å². The number of nitrogens with zero attached hydrogens (tertiary/aromatic N) is 7. The normalized spacial score (nSPS) is 20.4. The van der Waals surface area contributed by atoms with E-state index in [2.05, 4.69) is 25.1 Å². The van der Waals surface area contributed by atoms with Crippen LogP contribution in [0.2, 0.25) is 0 Å². The molecule has 9 heteroatoms. The Morgan fingerprint density at radius 1 is 1.22 bits per heavy atom. The third kappa shape index (κ3) is 3.42. The molecule has 9 nitrogen and oxygen atoms in total. The first-order valence-electron chi connectivity index (χ1n) is 9.39. The van der Waals surface area contributed by atoms with E-state index in [1.165, 1.54) is 0 Å². The van der Waals surface area contributed by atoms with Crippen LogP contribution in [0.25, 0.3) is 5.82 Å². The molecule has 2 aliphatic rings. The lowest BCUT2D eigenvalue weighted by Gasteiger charge is -2.23. The Bertz CT molecular complexity index is 974. The fraction of sp³-hybridized carbons (Fsp3) is 0.500. The van der Waals surface area contributed by atoms with Gasteiger partial charge in [0, 0.05) is 30.4 Å². The standard InChI is InChI=1S/C18H21N7O2/c26-17-6-5-16(24-9-7-19-12-24)21-25(17)10-14-2-1-8-23(14)11-15-20-18(27-22-15)13-3-4-13/h5-7,9,12-14H,1-4,8,10-11H2. The number of rotatable bonds is 6. The van der Waals surface area contributed by atoms with E-state index in [1.54, 1.807) is 33.9 Å². The Balaban J connectivity index is 1.31. The lowest BCUT2D eigenvalue weighted by atomic mass is 10.2. The van der Waals surface area contributed by atoms with Crippen molar-refractivity contribution in [1.29, 1.82) is 0 Å². The molecule has 3 aromatic heterocycles. The molecule has 1 saturated carbocycles. The molecule has 1 aliphatic heterocycles. The van der Waals surface area contributed by atoms with Gasteiger partial charge in [0.25, 0.3) is 5.56 Å². The molecule has 5 rings (SSSR count). The topological polar surface area (TPSA) is 94.9 Å². The molecule has 1 saturated heterocycles. The first kappa shape index (κ1) is 16.4. The maximum absolute atomic E-state index is 12.3. The zero-order valence-electron chi connectivity index (χ0n) is 14.9. The van der Waals surface area contributed by atoms with E-state index >= 15 is 0 Å². The van der Waals surface area contributed by atoms with Gasteiger partial charge < -0.3 is 4.52 Å². The molecule has 2 fully saturated rings. The highest BCUT2D eigenvalue weighted by Crippen LogP contribution is 2.38. The summed E-state index contributed by atoms with van der Waals surface area (Å²) in [6.07, 6.45) is 9.59. The molecule has 27 heavy (non-hydrogen) atoms. The number of hydrogen-bond acceptors (Lipinski definition) is 7. The Labute approximate surface area is 155 Å². The molecule has 0 amide bonds. The van der Waals surface area contributed by atoms with E-state index in [4.69, 9.17) is 4.52 Å². The number of likely N-dealkylation sites (tertiary alicyclic amines) is 1. The van der Waals surface area contributed by atoms with Crippen molar-refractivity contribution in [3.8, 4) is 5.82 Å². The second-order valence-electron chi connectivity index (χ2n) is 7.27. The molecule has 140 valence electrons. The molecule has 4 heterocycles. The number of hydrogen-bond donors (Lipinski definition) is 0. The molecule has 0 bridgehead atoms. The van der Waals surface area contributed by atoms with Crippen LogP contribution >= 0.6 is 0 Å². The summed E-state index contributed by atoms with van der Waals surface area (Å²) in [7, 11) is 0. The van der Waals surface area contributed by atoms with Gasteiger partial charge in [0.05, 0.1) is 13.1 Å². The lowest BCUT2D eigenvalue weighted by molar-refractivity contribution is 0.209. The van der Waals surface area contributed by atoms with E-state index < -0.39 is 0 Å². The van der Waals surface area contributed by atoms with E-state index in [-0.39, 0.29) is 11.6 Å². The van der Waals surface area contributed by atoms with Gasteiger partial charge in [0.1, 0.15) is 6.33 Å². The first-order valence-corrected chi connectivity index (χ1v) is 9.39. The van der Waals surface area contributed by atoms with Gasteiger partial charge >= 0.3 is 0 Å². The SMILES string of the molecule is O=c1ccc(-n2ccnc2)nn1CC1CCCN1Cc1noc(C2CC2)n1. The molecule has 0 aromatic carbocycles. The highest BCUT2D eigenvalue weighted by atomic mass is 16.5. The van der Waals surface area contributed by atoms with Crippen molar-refractivity contribution in [3.63, 3.8) is 0 Å². The summed E-state index contributed by atoms with van der Waals surface area (Å²) in [5.41, 5.74) is -0.0960. The van der Waals surface area contributed by atoms with Crippen molar-refractivity contribution in [2.75, 3.05) is 6.54 Å². The zero-order valence-corrected chi connectivity index (χ0v) is 14.9. The van der Waals surface area contributed by atoms with Crippen LogP contribution in [-0.4, -0.2) is 47.0 Å². The van der Waals surface area contributed by atoms with E-state index in [1.807, 2.05) is 6.20 Å². The Kier molecular flexibility index (Phi) is 4.08. The van der Waals surface area contributed by atoms with Crippen LogP contribution in [0.3, 0.4) is 0 Å². The summed E-state index contributed by atoms with van der Waals surface area (Å²) in [6.45, 7) is 2.17. The van der Waals surface area contributed by atoms with Gasteiger partial charge in [-0.3, -0.25) is 14.3 Å². The van der Waals surface area contributed by atoms with Crippen LogP contribution < -0.4 is 5.56 Å². The van der Waals surface area contributed by atoms with E-state index in [0.29, 0.717) is 24.8 Å². The first-order chi connectivity index (χ1) is 13.3. The fourth-order valence-electron chi connectivity index (χ4n) is 3.62. The predicted octanol–water partition coefficient (Wildman–Crippen LogP) is 1.35. The Hall–Kier alpha value is -2.81. The molecule has 0 spiro atoms. The second-order valence-corrected chi connectivity index (χ2v) is 7.27. The second kappa shape index (κ2) is 6.73. The van der Waals surface area contributed by atoms with Gasteiger partial charge in [-0.25, -0.2) is 9.67 Å². The minimum atomic E-state index is -0.0960. The molecule has 1 aliphatic carbocycles. The minimum absolute atomic E-state index is 0.0960. The average molecular weight is 367 g/mol. The number of aromatic nitrogens is 6. The van der Waals surface area contributed by atoms with Gasteiger partial charge in [-0.15, -0.1) is 0 Å². The molecule has 1 atom stereocenters. The largest absolute Gasteiger partial charge is 0.339 e. The molecule has 1 unspecified atom stereocenters. The Morgan fingerprint density at radius 3 is 2.96 bits per heavy atom. The molecular weight excluding hydrogens is 346 g/mol. The Morgan fingerprint density at radius 2 is 2.15 bits per heavy atom. The summed E-state index contributed by atoms with van der Waals surface area (Å²) in [4.78, 5) is 23.2. The minimum Gasteiger partial charge on any atom is -0.339 e. The summed E-state index contributed by atoms with van der Waals surface area (Å²) in [6, 6.07) is 3.50. The van der Waals surface area contributed by atoms with Gasteiger partial charge in [0.2, 0.25) is 5.89 Å². The van der Waals surface area contributed by atoms with Gasteiger partial charge in [-0.1, -0.05) is 5.16 Å². The zero-order chi connectivity index (χ0) is 18.2. The van der Waals surface area contributed by atoms with Crippen molar-refractivity contribution in [3.05, 3.63) is 52.9 Å². The van der Waals surface area contributed by atoms with Crippen LogP contribution in [0, 0.1) is 0 Å². The highest BCUT2D eigenvalue weighted by Gasteiger charge is 2.31. The maximum atomic E-state index is 12.3. The maximum Gasteiger partial charge on any atom is 0.266 e. The summed E-state index contributed by atoms with van der Waals surface area (Å²) < 4.78 is 8.70. The molecule has 3 aromatic rings. The quantitative estimate of drug-likeness (QED) is 0.649. The van der Waals surface area contributed by atoms with Crippen molar-refractivity contribution < 1.29 is 4.52 Å². The summed E-state index contributed by atoms with van der Waals surface area (Å²) in [5.74, 6) is 2.65. The van der Waals surface area contributed by atoms with Gasteiger partial charge in [0.15, 0.2) is 11.6 Å². The predicted molar refractivity (Wildman–Crippen MR) is 95.3 cm³/mol. The van der Waals surface area contributed by atoms with Crippen LogP contribution in [0.1, 0.15) is 43.3 Å². The van der Waals surface area contributed by atoms with Crippen molar-refractivity contribution >= 4 is 0 Å². The van der Waals surface area contributed by atoms with Crippen LogP contribution in [0.4, 0.5) is 0 Å². The van der Waals surface area contributed by atoms with Crippen LogP contribution in [0.5, 0.6) is 0 Å². The van der Waals surface area contributed by atoms with Crippen LogP contribution in [0.15, 0.2) is 40.2 Å². The fourth-order valence-corrected chi connectivity index (χ4v) is 3.62. The molecule has 0 N–H and O–H groups in total. The van der Waals surface area contributed by atoms with E-state index in [0.717, 1.165) is 43.9 Å². The molecule has 0 radical (unpaired) electrons. The van der Waals surface area contributed by atoms with Gasteiger partial charge in [-0.2, -0.15) is 10.1 Å². The summed E-state index contributed by atoms with van der Waals surface area (Å²) in [5, 5.41) is 8.63. The third-order valence-electron chi connectivity index (χ3n) is 5.26. The summed E-state index contributed by atoms with van der Waals surface area (Å²) >= 11 is 0. The van der Waals surface area contributed by atoms with E-state index in [9.17, 15) is 4.79 Å². The number of imidazole rings is 1. The van der Waals surface area contributed by atoms with Crippen LogP contribution in [-0.2, 0) is 13.1 Å². The lowest BCUT2D eigenvalue weighted by Crippen LogP contribution is -2.37. The highest BCUT2D eigenvalue weighted by molar-refractivity contribution is 5.19. The smallest absolute Gasteiger partial charge is 0.266 e. The molecular formula is C18H21N7O2. The third-order valence-corrected chi connectivity index (χ3v) is 5.26. The van der Waals surface area contributed by atoms with Crippen molar-refractivity contribution in [2.45, 2.75) is 50.7 Å². The average Bonchev–Trinajstić information content (AvgIpc) is 3.07. The van der Waals surface area contributed by atoms with Crippen molar-refractivity contribution in [1.82, 2.24) is 34.4 Å². The van der Waals surface area contributed by atoms with Gasteiger partial charge in [-0.05, 0) is 38.3 Å².